The number of hydrogen-bond donors (Lipinski definition) is 1. The van der Waals surface area contributed by atoms with E-state index in [1.807, 2.05) is 40.0 Å². The Balaban J connectivity index is 2.46. The van der Waals surface area contributed by atoms with Gasteiger partial charge >= 0.3 is 0 Å². The van der Waals surface area contributed by atoms with E-state index in [1.165, 1.54) is 5.56 Å². The minimum Gasteiger partial charge on any atom is -0.309 e. The number of hydrogen-bond acceptors (Lipinski definition) is 2. The monoisotopic (exact) mass is 274 g/mol. The number of benzene rings is 1. The Labute approximate surface area is 119 Å². The van der Waals surface area contributed by atoms with Crippen LogP contribution in [0, 0.1) is 20.8 Å². The molecule has 2 nitrogen and oxygen atoms in total. The molecule has 0 bridgehead atoms. The molecule has 19 heavy (non-hydrogen) atoms. The second kappa shape index (κ2) is 5.72. The molecule has 1 heterocycles. The number of rotatable bonds is 3. The summed E-state index contributed by atoms with van der Waals surface area (Å²) in [6, 6.07) is 10.5. The minimum absolute atomic E-state index is 0.117. The van der Waals surface area contributed by atoms with Crippen LogP contribution >= 0.6 is 11.6 Å². The predicted octanol–water partition coefficient (Wildman–Crippen LogP) is 3.97. The Morgan fingerprint density at radius 2 is 1.84 bits per heavy atom. The number of nitrogens with one attached hydrogen (secondary N) is 1. The van der Waals surface area contributed by atoms with E-state index in [0.29, 0.717) is 0 Å². The van der Waals surface area contributed by atoms with E-state index in [4.69, 9.17) is 11.6 Å². The first-order valence-corrected chi connectivity index (χ1v) is 6.78. The van der Waals surface area contributed by atoms with Crippen molar-refractivity contribution in [1.29, 1.82) is 0 Å². The van der Waals surface area contributed by atoms with Crippen molar-refractivity contribution in [3.63, 3.8) is 0 Å². The fraction of sp³-hybridized carbons (Fsp3) is 0.312. The maximum atomic E-state index is 6.22. The minimum atomic E-state index is 0.117. The smallest absolute Gasteiger partial charge is 0.0592 e. The standard InChI is InChI=1S/C16H19ClN2/c1-10-5-7-13(9-15(10)17)16(18-4)14-8-6-11(2)19-12(14)3/h5-9,16,18H,1-4H3. The summed E-state index contributed by atoms with van der Waals surface area (Å²) in [6.45, 7) is 6.07. The van der Waals surface area contributed by atoms with Crippen molar-refractivity contribution in [3.8, 4) is 0 Å². The second-order valence-electron chi connectivity index (χ2n) is 4.86. The number of aromatic nitrogens is 1. The SMILES string of the molecule is CNC(c1ccc(C)c(Cl)c1)c1ccc(C)nc1C. The molecule has 0 aliphatic heterocycles. The predicted molar refractivity (Wildman–Crippen MR) is 80.8 cm³/mol. The average molecular weight is 275 g/mol. The largest absolute Gasteiger partial charge is 0.309 e. The normalized spacial score (nSPS) is 12.5. The lowest BCUT2D eigenvalue weighted by atomic mass is 9.96. The van der Waals surface area contributed by atoms with Gasteiger partial charge in [0.15, 0.2) is 0 Å². The molecule has 1 N–H and O–H groups in total. The third-order valence-corrected chi connectivity index (χ3v) is 3.80. The van der Waals surface area contributed by atoms with Gasteiger partial charge in [-0.05, 0) is 56.6 Å². The van der Waals surface area contributed by atoms with Crippen LogP contribution in [0.4, 0.5) is 0 Å². The van der Waals surface area contributed by atoms with Gasteiger partial charge in [-0.2, -0.15) is 0 Å². The molecule has 0 amide bonds. The van der Waals surface area contributed by atoms with Gasteiger partial charge in [0, 0.05) is 16.4 Å². The molecule has 0 radical (unpaired) electrons. The number of nitrogens with zero attached hydrogens (tertiary/aromatic N) is 1. The van der Waals surface area contributed by atoms with Crippen LogP contribution in [-0.2, 0) is 0 Å². The molecular weight excluding hydrogens is 256 g/mol. The highest BCUT2D eigenvalue weighted by Crippen LogP contribution is 2.27. The van der Waals surface area contributed by atoms with E-state index in [9.17, 15) is 0 Å². The lowest BCUT2D eigenvalue weighted by Crippen LogP contribution is -2.19. The van der Waals surface area contributed by atoms with Crippen LogP contribution in [0.2, 0.25) is 5.02 Å². The van der Waals surface area contributed by atoms with Crippen molar-refractivity contribution in [2.24, 2.45) is 0 Å². The lowest BCUT2D eigenvalue weighted by Gasteiger charge is -2.20. The Hall–Kier alpha value is -1.38. The first-order chi connectivity index (χ1) is 9.02. The Morgan fingerprint density at radius 3 is 2.42 bits per heavy atom. The topological polar surface area (TPSA) is 24.9 Å². The van der Waals surface area contributed by atoms with Crippen LogP contribution in [-0.4, -0.2) is 12.0 Å². The molecule has 1 unspecified atom stereocenters. The molecule has 0 fully saturated rings. The van der Waals surface area contributed by atoms with Crippen molar-refractivity contribution in [2.45, 2.75) is 26.8 Å². The van der Waals surface area contributed by atoms with Crippen molar-refractivity contribution < 1.29 is 0 Å². The van der Waals surface area contributed by atoms with Gasteiger partial charge in [-0.15, -0.1) is 0 Å². The first-order valence-electron chi connectivity index (χ1n) is 6.40. The van der Waals surface area contributed by atoms with Gasteiger partial charge < -0.3 is 5.32 Å². The van der Waals surface area contributed by atoms with Crippen molar-refractivity contribution in [2.75, 3.05) is 7.05 Å². The molecule has 3 heteroatoms. The molecule has 1 atom stereocenters. The molecule has 2 rings (SSSR count). The summed E-state index contributed by atoms with van der Waals surface area (Å²) in [5.41, 5.74) is 5.54. The van der Waals surface area contributed by atoms with Crippen molar-refractivity contribution in [3.05, 3.63) is 63.4 Å². The van der Waals surface area contributed by atoms with Gasteiger partial charge in [0.05, 0.1) is 6.04 Å². The van der Waals surface area contributed by atoms with Crippen LogP contribution < -0.4 is 5.32 Å². The summed E-state index contributed by atoms with van der Waals surface area (Å²) >= 11 is 6.22. The van der Waals surface area contributed by atoms with Crippen molar-refractivity contribution in [1.82, 2.24) is 10.3 Å². The van der Waals surface area contributed by atoms with Crippen LogP contribution in [0.15, 0.2) is 30.3 Å². The molecule has 0 spiro atoms. The highest BCUT2D eigenvalue weighted by Gasteiger charge is 2.15. The second-order valence-corrected chi connectivity index (χ2v) is 5.26. The summed E-state index contributed by atoms with van der Waals surface area (Å²) in [7, 11) is 1.96. The van der Waals surface area contributed by atoms with Gasteiger partial charge in [0.25, 0.3) is 0 Å². The van der Waals surface area contributed by atoms with E-state index in [-0.39, 0.29) is 6.04 Å². The van der Waals surface area contributed by atoms with Crippen LogP contribution in [0.25, 0.3) is 0 Å². The molecular formula is C16H19ClN2. The quantitative estimate of drug-likeness (QED) is 0.916. The maximum absolute atomic E-state index is 6.22. The zero-order chi connectivity index (χ0) is 14.0. The Morgan fingerprint density at radius 1 is 1.11 bits per heavy atom. The number of halogens is 1. The third kappa shape index (κ3) is 2.96. The van der Waals surface area contributed by atoms with Crippen LogP contribution in [0.5, 0.6) is 0 Å². The molecule has 0 aliphatic rings. The van der Waals surface area contributed by atoms with E-state index in [0.717, 1.165) is 27.5 Å². The Bertz CT molecular complexity index is 593. The summed E-state index contributed by atoms with van der Waals surface area (Å²) in [6.07, 6.45) is 0. The summed E-state index contributed by atoms with van der Waals surface area (Å²) in [4.78, 5) is 4.53. The highest BCUT2D eigenvalue weighted by molar-refractivity contribution is 6.31. The van der Waals surface area contributed by atoms with E-state index >= 15 is 0 Å². The molecule has 1 aromatic carbocycles. The van der Waals surface area contributed by atoms with Crippen molar-refractivity contribution >= 4 is 11.6 Å². The van der Waals surface area contributed by atoms with Gasteiger partial charge in [-0.1, -0.05) is 29.8 Å². The fourth-order valence-corrected chi connectivity index (χ4v) is 2.48. The maximum Gasteiger partial charge on any atom is 0.0592 e. The number of aryl methyl sites for hydroxylation is 3. The van der Waals surface area contributed by atoms with E-state index < -0.39 is 0 Å². The fourth-order valence-electron chi connectivity index (χ4n) is 2.29. The summed E-state index contributed by atoms with van der Waals surface area (Å²) < 4.78 is 0. The molecule has 100 valence electrons. The van der Waals surface area contributed by atoms with Crippen LogP contribution in [0.1, 0.15) is 34.1 Å². The van der Waals surface area contributed by atoms with Crippen LogP contribution in [0.3, 0.4) is 0 Å². The third-order valence-electron chi connectivity index (χ3n) is 3.39. The van der Waals surface area contributed by atoms with E-state index in [2.05, 4.69) is 28.5 Å². The van der Waals surface area contributed by atoms with Gasteiger partial charge in [-0.3, -0.25) is 4.98 Å². The van der Waals surface area contributed by atoms with Gasteiger partial charge in [0.1, 0.15) is 0 Å². The summed E-state index contributed by atoms with van der Waals surface area (Å²) in [5.74, 6) is 0. The Kier molecular flexibility index (Phi) is 4.23. The molecule has 0 saturated carbocycles. The first kappa shape index (κ1) is 14.0. The zero-order valence-electron chi connectivity index (χ0n) is 11.8. The van der Waals surface area contributed by atoms with Gasteiger partial charge in [-0.25, -0.2) is 0 Å². The highest BCUT2D eigenvalue weighted by atomic mass is 35.5. The molecule has 2 aromatic rings. The average Bonchev–Trinajstić information content (AvgIpc) is 2.37. The molecule has 0 aliphatic carbocycles. The molecule has 1 aromatic heterocycles. The zero-order valence-corrected chi connectivity index (χ0v) is 12.5. The van der Waals surface area contributed by atoms with E-state index in [1.54, 1.807) is 0 Å². The lowest BCUT2D eigenvalue weighted by molar-refractivity contribution is 0.682. The number of pyridine rings is 1. The molecule has 0 saturated heterocycles. The summed E-state index contributed by atoms with van der Waals surface area (Å²) in [5, 5.41) is 4.14. The van der Waals surface area contributed by atoms with Gasteiger partial charge in [0.2, 0.25) is 0 Å².